The van der Waals surface area contributed by atoms with Gasteiger partial charge >= 0.3 is 0 Å². The van der Waals surface area contributed by atoms with E-state index in [2.05, 4.69) is 10.6 Å². The molecule has 0 saturated carbocycles. The van der Waals surface area contributed by atoms with E-state index in [1.165, 1.54) is 18.2 Å². The zero-order chi connectivity index (χ0) is 19.2. The van der Waals surface area contributed by atoms with Crippen molar-refractivity contribution < 1.29 is 18.7 Å². The van der Waals surface area contributed by atoms with Gasteiger partial charge in [-0.1, -0.05) is 12.1 Å². The van der Waals surface area contributed by atoms with E-state index in [4.69, 9.17) is 15.2 Å². The van der Waals surface area contributed by atoms with Crippen molar-refractivity contribution in [3.63, 3.8) is 0 Å². The van der Waals surface area contributed by atoms with E-state index >= 15 is 0 Å². The second kappa shape index (κ2) is 11.9. The van der Waals surface area contributed by atoms with Gasteiger partial charge in [-0.3, -0.25) is 4.79 Å². The Morgan fingerprint density at radius 3 is 2.52 bits per heavy atom. The number of ether oxygens (including phenoxy) is 2. The highest BCUT2D eigenvalue weighted by molar-refractivity contribution is 5.95. The molecule has 29 heavy (non-hydrogen) atoms. The van der Waals surface area contributed by atoms with Crippen molar-refractivity contribution in [2.24, 2.45) is 5.73 Å². The van der Waals surface area contributed by atoms with Crippen LogP contribution in [0.5, 0.6) is 11.5 Å². The number of amides is 1. The van der Waals surface area contributed by atoms with Crippen LogP contribution in [0.3, 0.4) is 0 Å². The average Bonchev–Trinajstić information content (AvgIpc) is 3.12. The van der Waals surface area contributed by atoms with Gasteiger partial charge in [0, 0.05) is 20.2 Å². The molecular formula is C20H26Cl2FN3O3. The van der Waals surface area contributed by atoms with Crippen molar-refractivity contribution in [2.45, 2.75) is 18.6 Å². The third kappa shape index (κ3) is 6.55. The summed E-state index contributed by atoms with van der Waals surface area (Å²) in [5, 5.41) is 5.95. The van der Waals surface area contributed by atoms with Gasteiger partial charge in [-0.15, -0.1) is 24.8 Å². The molecule has 0 unspecified atom stereocenters. The van der Waals surface area contributed by atoms with E-state index < -0.39 is 11.7 Å². The Morgan fingerprint density at radius 1 is 1.17 bits per heavy atom. The first-order valence-electron chi connectivity index (χ1n) is 8.91. The molecule has 1 heterocycles. The quantitative estimate of drug-likeness (QED) is 0.609. The molecule has 0 aliphatic carbocycles. The molecule has 9 heteroatoms. The Bertz CT molecular complexity index is 793. The van der Waals surface area contributed by atoms with Crippen molar-refractivity contribution in [2.75, 3.05) is 26.7 Å². The second-order valence-electron chi connectivity index (χ2n) is 6.44. The predicted molar refractivity (Wildman–Crippen MR) is 115 cm³/mol. The van der Waals surface area contributed by atoms with Gasteiger partial charge in [-0.05, 0) is 48.9 Å². The Hall–Kier alpha value is -1.90. The van der Waals surface area contributed by atoms with Crippen LogP contribution < -0.4 is 21.1 Å². The van der Waals surface area contributed by atoms with Crippen LogP contribution in [0.4, 0.5) is 4.39 Å². The number of hydrogen-bond acceptors (Lipinski definition) is 5. The molecule has 1 aliphatic heterocycles. The van der Waals surface area contributed by atoms with Gasteiger partial charge in [0.1, 0.15) is 17.3 Å². The molecule has 0 bridgehead atoms. The summed E-state index contributed by atoms with van der Waals surface area (Å²) in [6, 6.07) is 11.4. The molecule has 1 aliphatic rings. The second-order valence-corrected chi connectivity index (χ2v) is 6.44. The maximum atomic E-state index is 14.2. The molecule has 3 rings (SSSR count). The average molecular weight is 446 g/mol. The Balaban J connectivity index is 0.00000210. The lowest BCUT2D eigenvalue weighted by atomic mass is 10.1. The number of rotatable bonds is 7. The number of nitrogens with two attached hydrogens (primary N) is 1. The minimum absolute atomic E-state index is 0. The zero-order valence-electron chi connectivity index (χ0n) is 16.0. The molecule has 1 fully saturated rings. The Kier molecular flexibility index (Phi) is 10.4. The van der Waals surface area contributed by atoms with E-state index in [1.807, 2.05) is 24.3 Å². The van der Waals surface area contributed by atoms with Gasteiger partial charge in [0.05, 0.1) is 17.7 Å². The standard InChI is InChI=1S/C20H24FN3O3.2ClH/c1-26-19-12-23-11-18(19)24-20(25)16-10-15(6-7-17(16)21)27-14-4-2-13(3-5-14)8-9-22;;/h2-7,10,18-19,23H,8-9,11-12,22H2,1H3,(H,24,25);2*1H/t18-,19-;;/m0../s1. The van der Waals surface area contributed by atoms with Crippen molar-refractivity contribution >= 4 is 30.7 Å². The third-order valence-corrected chi connectivity index (χ3v) is 4.55. The number of halogens is 3. The fraction of sp³-hybridized carbons (Fsp3) is 0.350. The van der Waals surface area contributed by atoms with Gasteiger partial charge in [0.15, 0.2) is 0 Å². The van der Waals surface area contributed by atoms with Gasteiger partial charge in [0.25, 0.3) is 5.91 Å². The molecular weight excluding hydrogens is 420 g/mol. The third-order valence-electron chi connectivity index (χ3n) is 4.55. The summed E-state index contributed by atoms with van der Waals surface area (Å²) in [5.41, 5.74) is 6.59. The van der Waals surface area contributed by atoms with E-state index in [0.717, 1.165) is 12.0 Å². The summed E-state index contributed by atoms with van der Waals surface area (Å²) < 4.78 is 25.2. The first kappa shape index (κ1) is 25.1. The molecule has 0 spiro atoms. The lowest BCUT2D eigenvalue weighted by molar-refractivity contribution is 0.0777. The summed E-state index contributed by atoms with van der Waals surface area (Å²) >= 11 is 0. The van der Waals surface area contributed by atoms with Crippen molar-refractivity contribution in [1.29, 1.82) is 0 Å². The zero-order valence-corrected chi connectivity index (χ0v) is 17.7. The predicted octanol–water partition coefficient (Wildman–Crippen LogP) is 2.68. The van der Waals surface area contributed by atoms with Crippen LogP contribution in [-0.4, -0.2) is 44.8 Å². The molecule has 2 aromatic rings. The molecule has 2 aromatic carbocycles. The number of carbonyl (C=O) groups excluding carboxylic acids is 1. The fourth-order valence-electron chi connectivity index (χ4n) is 3.06. The van der Waals surface area contributed by atoms with Crippen molar-refractivity contribution in [3.05, 3.63) is 59.4 Å². The maximum Gasteiger partial charge on any atom is 0.254 e. The van der Waals surface area contributed by atoms with Crippen LogP contribution >= 0.6 is 24.8 Å². The monoisotopic (exact) mass is 445 g/mol. The Morgan fingerprint density at radius 2 is 1.86 bits per heavy atom. The molecule has 2 atom stereocenters. The normalized spacial score (nSPS) is 17.8. The topological polar surface area (TPSA) is 85.6 Å². The van der Waals surface area contributed by atoms with E-state index in [9.17, 15) is 9.18 Å². The molecule has 4 N–H and O–H groups in total. The highest BCUT2D eigenvalue weighted by atomic mass is 35.5. The van der Waals surface area contributed by atoms with Crippen LogP contribution in [0, 0.1) is 5.82 Å². The smallest absolute Gasteiger partial charge is 0.254 e. The van der Waals surface area contributed by atoms with Crippen LogP contribution in [0.25, 0.3) is 0 Å². The minimum atomic E-state index is -0.599. The van der Waals surface area contributed by atoms with Crippen LogP contribution in [0.15, 0.2) is 42.5 Å². The van der Waals surface area contributed by atoms with Gasteiger partial charge in [-0.2, -0.15) is 0 Å². The number of hydrogen-bond donors (Lipinski definition) is 3. The molecule has 6 nitrogen and oxygen atoms in total. The summed E-state index contributed by atoms with van der Waals surface area (Å²) in [4.78, 5) is 12.5. The lowest BCUT2D eigenvalue weighted by Crippen LogP contribution is -2.43. The number of benzene rings is 2. The number of methoxy groups -OCH3 is 1. The summed E-state index contributed by atoms with van der Waals surface area (Å²) in [6.45, 7) is 1.81. The van der Waals surface area contributed by atoms with Crippen LogP contribution in [-0.2, 0) is 11.2 Å². The minimum Gasteiger partial charge on any atom is -0.457 e. The summed E-state index contributed by atoms with van der Waals surface area (Å²) in [7, 11) is 1.59. The molecule has 1 saturated heterocycles. The molecule has 160 valence electrons. The first-order valence-corrected chi connectivity index (χ1v) is 8.91. The van der Waals surface area contributed by atoms with Crippen molar-refractivity contribution in [3.8, 4) is 11.5 Å². The van der Waals surface area contributed by atoms with E-state index in [1.54, 1.807) is 7.11 Å². The Labute approximate surface area is 182 Å². The summed E-state index contributed by atoms with van der Waals surface area (Å²) in [5.74, 6) is -0.0980. The highest BCUT2D eigenvalue weighted by Gasteiger charge is 2.29. The molecule has 1 amide bonds. The highest BCUT2D eigenvalue weighted by Crippen LogP contribution is 2.24. The van der Waals surface area contributed by atoms with E-state index in [-0.39, 0.29) is 42.5 Å². The van der Waals surface area contributed by atoms with Crippen LogP contribution in [0.1, 0.15) is 15.9 Å². The summed E-state index contributed by atoms with van der Waals surface area (Å²) in [6.07, 6.45) is 0.656. The van der Waals surface area contributed by atoms with Gasteiger partial charge in [-0.25, -0.2) is 4.39 Å². The van der Waals surface area contributed by atoms with E-state index in [0.29, 0.717) is 31.1 Å². The van der Waals surface area contributed by atoms with Gasteiger partial charge < -0.3 is 25.8 Å². The number of carbonyl (C=O) groups is 1. The fourth-order valence-corrected chi connectivity index (χ4v) is 3.06. The number of nitrogens with one attached hydrogen (secondary N) is 2. The largest absolute Gasteiger partial charge is 0.457 e. The lowest BCUT2D eigenvalue weighted by Gasteiger charge is -2.19. The molecule has 0 aromatic heterocycles. The van der Waals surface area contributed by atoms with Gasteiger partial charge in [0.2, 0.25) is 0 Å². The first-order chi connectivity index (χ1) is 13.1. The van der Waals surface area contributed by atoms with Crippen LogP contribution in [0.2, 0.25) is 0 Å². The molecule has 0 radical (unpaired) electrons. The SMILES string of the molecule is CO[C@H]1CNC[C@@H]1NC(=O)c1cc(Oc2ccc(CCN)cc2)ccc1F.Cl.Cl. The van der Waals surface area contributed by atoms with Crippen molar-refractivity contribution in [1.82, 2.24) is 10.6 Å². The maximum absolute atomic E-state index is 14.2.